The van der Waals surface area contributed by atoms with Crippen molar-refractivity contribution < 1.29 is 9.53 Å². The summed E-state index contributed by atoms with van der Waals surface area (Å²) < 4.78 is 5.53. The van der Waals surface area contributed by atoms with Gasteiger partial charge in [-0.1, -0.05) is 42.4 Å². The van der Waals surface area contributed by atoms with E-state index in [1.54, 1.807) is 5.49 Å². The normalized spacial score (nSPS) is 27.5. The van der Waals surface area contributed by atoms with Crippen LogP contribution in [0.3, 0.4) is 0 Å². The van der Waals surface area contributed by atoms with Crippen LogP contribution in [0.4, 0.5) is 4.79 Å². The summed E-state index contributed by atoms with van der Waals surface area (Å²) in [5, 5.41) is 3.27. The fourth-order valence-corrected chi connectivity index (χ4v) is 3.77. The predicted octanol–water partition coefficient (Wildman–Crippen LogP) is 3.37. The number of thiocarbonyl (C=S) groups is 1. The summed E-state index contributed by atoms with van der Waals surface area (Å²) in [5.41, 5.74) is 3.84. The van der Waals surface area contributed by atoms with E-state index in [9.17, 15) is 4.79 Å². The van der Waals surface area contributed by atoms with Crippen molar-refractivity contribution in [1.29, 1.82) is 0 Å². The first-order valence-electron chi connectivity index (χ1n) is 9.41. The molecule has 1 saturated heterocycles. The minimum atomic E-state index is -0.454. The summed E-state index contributed by atoms with van der Waals surface area (Å²) in [5.74, 6) is 0.400. The van der Waals surface area contributed by atoms with E-state index < -0.39 is 5.60 Å². The number of carbonyl (C=O) groups is 1. The van der Waals surface area contributed by atoms with Crippen LogP contribution in [0.2, 0.25) is 0 Å². The molecule has 2 rings (SSSR count). The average molecular weight is 380 g/mol. The van der Waals surface area contributed by atoms with Gasteiger partial charge in [-0.05, 0) is 34.6 Å². The summed E-state index contributed by atoms with van der Waals surface area (Å²) in [7, 11) is 0. The zero-order valence-corrected chi connectivity index (χ0v) is 17.7. The number of allylic oxidation sites excluding steroid dienone is 2. The number of nitrogens with zero attached hydrogens (tertiary/aromatic N) is 2. The number of carbonyl (C=O) groups excluding carboxylic acids is 1. The quantitative estimate of drug-likeness (QED) is 0.759. The van der Waals surface area contributed by atoms with Crippen LogP contribution in [0, 0.1) is 5.92 Å². The predicted molar refractivity (Wildman–Crippen MR) is 110 cm³/mol. The molecule has 6 heteroatoms. The molecule has 1 heterocycles. The fraction of sp³-hybridized carbons (Fsp3) is 0.700. The van der Waals surface area contributed by atoms with Gasteiger partial charge >= 0.3 is 6.09 Å². The molecule has 5 nitrogen and oxygen atoms in total. The van der Waals surface area contributed by atoms with Gasteiger partial charge in [0.15, 0.2) is 0 Å². The zero-order chi connectivity index (χ0) is 19.5. The lowest BCUT2D eigenvalue weighted by Crippen LogP contribution is -2.55. The first kappa shape index (κ1) is 20.9. The van der Waals surface area contributed by atoms with E-state index in [-0.39, 0.29) is 18.2 Å². The highest BCUT2D eigenvalue weighted by Crippen LogP contribution is 2.26. The number of nitrogens with one attached hydrogen (secondary N) is 1. The van der Waals surface area contributed by atoms with Crippen LogP contribution in [0.15, 0.2) is 23.3 Å². The molecule has 0 aromatic carbocycles. The van der Waals surface area contributed by atoms with E-state index in [1.165, 1.54) is 11.1 Å². The summed E-state index contributed by atoms with van der Waals surface area (Å²) in [4.78, 5) is 16.7. The Kier molecular flexibility index (Phi) is 6.86. The molecule has 1 fully saturated rings. The third-order valence-electron chi connectivity index (χ3n) is 4.99. The molecule has 0 radical (unpaired) electrons. The Morgan fingerprint density at radius 2 is 2.08 bits per heavy atom. The van der Waals surface area contributed by atoms with Crippen LogP contribution in [0.5, 0.6) is 0 Å². The van der Waals surface area contributed by atoms with Crippen molar-refractivity contribution in [3.05, 3.63) is 23.3 Å². The van der Waals surface area contributed by atoms with Crippen molar-refractivity contribution in [3.8, 4) is 0 Å². The second kappa shape index (κ2) is 8.53. The Morgan fingerprint density at radius 3 is 2.65 bits per heavy atom. The molecular weight excluding hydrogens is 346 g/mol. The Hall–Kier alpha value is -1.40. The minimum absolute atomic E-state index is 0.143. The van der Waals surface area contributed by atoms with Crippen LogP contribution in [0.25, 0.3) is 0 Å². The minimum Gasteiger partial charge on any atom is -0.444 e. The number of hydrogen-bond acceptors (Lipinski definition) is 4. The molecular formula is C20H33N3O2S. The van der Waals surface area contributed by atoms with Gasteiger partial charge in [0.2, 0.25) is 0 Å². The van der Waals surface area contributed by atoms with Crippen LogP contribution in [-0.2, 0) is 4.74 Å². The molecule has 0 bridgehead atoms. The Bertz CT molecular complexity index is 594. The van der Waals surface area contributed by atoms with Crippen LogP contribution in [-0.4, -0.2) is 65.2 Å². The topological polar surface area (TPSA) is 44.8 Å². The molecule has 1 aliphatic heterocycles. The Labute approximate surface area is 163 Å². The molecule has 0 aromatic heterocycles. The highest BCUT2D eigenvalue weighted by molar-refractivity contribution is 7.78. The van der Waals surface area contributed by atoms with Crippen molar-refractivity contribution in [3.63, 3.8) is 0 Å². The zero-order valence-electron chi connectivity index (χ0n) is 16.9. The highest BCUT2D eigenvalue weighted by Gasteiger charge is 2.32. The van der Waals surface area contributed by atoms with Gasteiger partial charge in [0, 0.05) is 38.1 Å². The second-order valence-electron chi connectivity index (χ2n) is 8.49. The van der Waals surface area contributed by atoms with E-state index >= 15 is 0 Å². The van der Waals surface area contributed by atoms with Gasteiger partial charge in [-0.15, -0.1) is 0 Å². The van der Waals surface area contributed by atoms with Crippen LogP contribution < -0.4 is 5.32 Å². The first-order chi connectivity index (χ1) is 12.1. The molecule has 1 amide bonds. The molecule has 26 heavy (non-hydrogen) atoms. The number of rotatable bonds is 4. The molecule has 146 valence electrons. The summed E-state index contributed by atoms with van der Waals surface area (Å²) in [6.07, 6.45) is 4.32. The molecule has 2 aliphatic rings. The van der Waals surface area contributed by atoms with E-state index in [0.29, 0.717) is 12.5 Å². The molecule has 1 N–H and O–H groups in total. The lowest BCUT2D eigenvalue weighted by Gasteiger charge is -2.41. The smallest absolute Gasteiger partial charge is 0.410 e. The number of ether oxygens (including phenoxy) is 1. The van der Waals surface area contributed by atoms with Gasteiger partial charge in [-0.25, -0.2) is 4.79 Å². The van der Waals surface area contributed by atoms with E-state index in [0.717, 1.165) is 19.6 Å². The summed E-state index contributed by atoms with van der Waals surface area (Å²) >= 11 is 4.97. The van der Waals surface area contributed by atoms with Crippen molar-refractivity contribution in [2.45, 2.75) is 59.2 Å². The lowest BCUT2D eigenvalue weighted by atomic mass is 9.85. The van der Waals surface area contributed by atoms with Gasteiger partial charge < -0.3 is 15.0 Å². The molecule has 3 atom stereocenters. The van der Waals surface area contributed by atoms with Gasteiger partial charge in [0.05, 0.1) is 11.5 Å². The number of amides is 1. The van der Waals surface area contributed by atoms with Crippen molar-refractivity contribution in [2.24, 2.45) is 5.92 Å². The first-order valence-corrected chi connectivity index (χ1v) is 9.88. The van der Waals surface area contributed by atoms with Gasteiger partial charge in [-0.2, -0.15) is 0 Å². The lowest BCUT2D eigenvalue weighted by molar-refractivity contribution is 0.00231. The highest BCUT2D eigenvalue weighted by atomic mass is 32.1. The van der Waals surface area contributed by atoms with E-state index in [4.69, 9.17) is 17.0 Å². The van der Waals surface area contributed by atoms with E-state index in [2.05, 4.69) is 43.1 Å². The fourth-order valence-electron chi connectivity index (χ4n) is 3.62. The van der Waals surface area contributed by atoms with Crippen molar-refractivity contribution in [2.75, 3.05) is 26.2 Å². The van der Waals surface area contributed by atoms with Crippen LogP contribution >= 0.6 is 12.2 Å². The molecule has 0 saturated carbocycles. The Morgan fingerprint density at radius 1 is 1.38 bits per heavy atom. The molecule has 0 spiro atoms. The molecule has 1 aliphatic carbocycles. The third kappa shape index (κ3) is 5.55. The standard InChI is InChI=1S/C20H33N3O2S/c1-14-9-17(16(3)18(10-14)21-13-26)12-22-7-8-23(15(2)11-22)19(24)25-20(4,5)6/h9-10,13,15-16,18H,7-8,11-12H2,1-6H3,(H,21,26)/t15-,16?,18?/m0/s1. The maximum Gasteiger partial charge on any atom is 0.410 e. The van der Waals surface area contributed by atoms with Crippen LogP contribution in [0.1, 0.15) is 41.5 Å². The van der Waals surface area contributed by atoms with Crippen molar-refractivity contribution in [1.82, 2.24) is 15.1 Å². The third-order valence-corrected chi connectivity index (χ3v) is 5.12. The average Bonchev–Trinajstić information content (AvgIpc) is 2.50. The summed E-state index contributed by atoms with van der Waals surface area (Å²) in [6.45, 7) is 15.5. The Balaban J connectivity index is 1.96. The number of piperazine rings is 1. The maximum atomic E-state index is 12.4. The van der Waals surface area contributed by atoms with Crippen molar-refractivity contribution >= 4 is 23.8 Å². The summed E-state index contributed by atoms with van der Waals surface area (Å²) in [6, 6.07) is 0.401. The van der Waals surface area contributed by atoms with Gasteiger partial charge in [0.1, 0.15) is 5.60 Å². The van der Waals surface area contributed by atoms with E-state index in [1.807, 2.05) is 25.7 Å². The van der Waals surface area contributed by atoms with Gasteiger partial charge in [-0.3, -0.25) is 4.90 Å². The van der Waals surface area contributed by atoms with Gasteiger partial charge in [0.25, 0.3) is 0 Å². The largest absolute Gasteiger partial charge is 0.444 e. The molecule has 0 aromatic rings. The monoisotopic (exact) mass is 379 g/mol. The number of hydrogen-bond donors (Lipinski definition) is 1. The molecule has 2 unspecified atom stereocenters. The SMILES string of the molecule is CC1=CC(NC=S)C(C)C(CN2CCN(C(=O)OC(C)(C)C)[C@@H](C)C2)=C1. The second-order valence-corrected chi connectivity index (χ2v) is 8.72. The maximum absolute atomic E-state index is 12.4.